The Bertz CT molecular complexity index is 772. The number of nitrogens with zero attached hydrogens (tertiary/aromatic N) is 3. The van der Waals surface area contributed by atoms with Crippen molar-refractivity contribution >= 4 is 5.52 Å². The highest BCUT2D eigenvalue weighted by Crippen LogP contribution is 2.19. The number of oxazole rings is 1. The number of aryl methyl sites for hydroxylation is 1. The molecule has 0 fully saturated rings. The second-order valence-corrected chi connectivity index (χ2v) is 6.10. The molecular formula is C18H24N4O. The molecule has 3 rings (SSSR count). The van der Waals surface area contributed by atoms with E-state index in [1.807, 2.05) is 12.3 Å². The summed E-state index contributed by atoms with van der Waals surface area (Å²) in [4.78, 5) is 9.09. The van der Waals surface area contributed by atoms with Gasteiger partial charge in [0.15, 0.2) is 5.89 Å². The number of pyridine rings is 1. The fourth-order valence-electron chi connectivity index (χ4n) is 2.73. The average Bonchev–Trinajstić information content (AvgIpc) is 3.13. The maximum absolute atomic E-state index is 5.69. The molecule has 0 bridgehead atoms. The Hall–Kier alpha value is -2.14. The van der Waals surface area contributed by atoms with E-state index in [2.05, 4.69) is 53.8 Å². The summed E-state index contributed by atoms with van der Waals surface area (Å²) in [5, 5.41) is 3.41. The predicted molar refractivity (Wildman–Crippen MR) is 90.3 cm³/mol. The van der Waals surface area contributed by atoms with Crippen LogP contribution in [-0.4, -0.2) is 14.4 Å². The lowest BCUT2D eigenvalue weighted by atomic mass is 10.2. The molecule has 5 nitrogen and oxygen atoms in total. The van der Waals surface area contributed by atoms with E-state index >= 15 is 0 Å². The SMILES string of the molecule is CCCc1ncc(CNCc2nc(C(C)C)n3ccccc23)o1. The quantitative estimate of drug-likeness (QED) is 0.723. The average molecular weight is 312 g/mol. The van der Waals surface area contributed by atoms with Gasteiger partial charge in [0.25, 0.3) is 0 Å². The normalized spacial score (nSPS) is 11.7. The van der Waals surface area contributed by atoms with Crippen molar-refractivity contribution in [1.82, 2.24) is 19.7 Å². The first-order chi connectivity index (χ1) is 11.2. The van der Waals surface area contributed by atoms with Crippen LogP contribution in [0.25, 0.3) is 5.52 Å². The molecule has 0 aliphatic heterocycles. The van der Waals surface area contributed by atoms with Gasteiger partial charge >= 0.3 is 0 Å². The standard InChI is InChI=1S/C18H24N4O/c1-4-7-17-20-11-14(23-17)10-19-12-15-16-8-5-6-9-22(16)18(21-15)13(2)3/h5-6,8-9,11,13,19H,4,7,10,12H2,1-3H3. The van der Waals surface area contributed by atoms with E-state index < -0.39 is 0 Å². The molecule has 3 aromatic heterocycles. The first-order valence-electron chi connectivity index (χ1n) is 8.29. The van der Waals surface area contributed by atoms with Gasteiger partial charge in [-0.25, -0.2) is 9.97 Å². The van der Waals surface area contributed by atoms with Gasteiger partial charge in [-0.3, -0.25) is 0 Å². The molecule has 0 aliphatic rings. The van der Waals surface area contributed by atoms with Gasteiger partial charge in [-0.1, -0.05) is 26.8 Å². The summed E-state index contributed by atoms with van der Waals surface area (Å²) in [6, 6.07) is 6.21. The van der Waals surface area contributed by atoms with Gasteiger partial charge in [-0.15, -0.1) is 0 Å². The third-order valence-corrected chi connectivity index (χ3v) is 3.83. The summed E-state index contributed by atoms with van der Waals surface area (Å²) in [6.45, 7) is 7.84. The number of fused-ring (bicyclic) bond motifs is 1. The molecule has 3 heterocycles. The largest absolute Gasteiger partial charge is 0.444 e. The maximum atomic E-state index is 5.69. The molecule has 3 aromatic rings. The zero-order valence-corrected chi connectivity index (χ0v) is 14.0. The molecule has 0 saturated carbocycles. The van der Waals surface area contributed by atoms with Crippen LogP contribution in [0, 0.1) is 0 Å². The molecular weight excluding hydrogens is 288 g/mol. The fraction of sp³-hybridized carbons (Fsp3) is 0.444. The molecule has 0 unspecified atom stereocenters. The monoisotopic (exact) mass is 312 g/mol. The number of hydrogen-bond acceptors (Lipinski definition) is 4. The molecule has 23 heavy (non-hydrogen) atoms. The topological polar surface area (TPSA) is 55.4 Å². The van der Waals surface area contributed by atoms with Crippen molar-refractivity contribution in [3.8, 4) is 0 Å². The highest BCUT2D eigenvalue weighted by Gasteiger charge is 2.13. The molecule has 1 N–H and O–H groups in total. The van der Waals surface area contributed by atoms with Crippen LogP contribution in [0.15, 0.2) is 35.0 Å². The third kappa shape index (κ3) is 3.45. The lowest BCUT2D eigenvalue weighted by Gasteiger charge is -2.02. The number of hydrogen-bond donors (Lipinski definition) is 1. The Morgan fingerprint density at radius 2 is 2.13 bits per heavy atom. The highest BCUT2D eigenvalue weighted by atomic mass is 16.4. The van der Waals surface area contributed by atoms with Gasteiger partial charge in [0.2, 0.25) is 0 Å². The van der Waals surface area contributed by atoms with E-state index in [1.165, 1.54) is 0 Å². The molecule has 0 spiro atoms. The minimum atomic E-state index is 0.393. The Labute approximate surface area is 136 Å². The summed E-state index contributed by atoms with van der Waals surface area (Å²) in [6.07, 6.45) is 5.83. The Morgan fingerprint density at radius 1 is 1.26 bits per heavy atom. The van der Waals surface area contributed by atoms with E-state index in [-0.39, 0.29) is 0 Å². The van der Waals surface area contributed by atoms with Crippen LogP contribution < -0.4 is 5.32 Å². The van der Waals surface area contributed by atoms with Gasteiger partial charge in [-0.05, 0) is 18.6 Å². The molecule has 5 heteroatoms. The second-order valence-electron chi connectivity index (χ2n) is 6.10. The summed E-state index contributed by atoms with van der Waals surface area (Å²) in [5.74, 6) is 3.19. The predicted octanol–water partition coefficient (Wildman–Crippen LogP) is 3.69. The number of rotatable bonds is 7. The van der Waals surface area contributed by atoms with E-state index in [0.29, 0.717) is 19.0 Å². The van der Waals surface area contributed by atoms with Crippen LogP contribution in [0.5, 0.6) is 0 Å². The Kier molecular flexibility index (Phi) is 4.76. The second kappa shape index (κ2) is 6.96. The minimum absolute atomic E-state index is 0.393. The summed E-state index contributed by atoms with van der Waals surface area (Å²) >= 11 is 0. The highest BCUT2D eigenvalue weighted by molar-refractivity contribution is 5.53. The van der Waals surface area contributed by atoms with Gasteiger partial charge in [0, 0.05) is 25.1 Å². The lowest BCUT2D eigenvalue weighted by molar-refractivity contribution is 0.436. The summed E-state index contributed by atoms with van der Waals surface area (Å²) < 4.78 is 7.87. The van der Waals surface area contributed by atoms with Crippen LogP contribution in [0.3, 0.4) is 0 Å². The third-order valence-electron chi connectivity index (χ3n) is 3.83. The van der Waals surface area contributed by atoms with Crippen molar-refractivity contribution in [3.63, 3.8) is 0 Å². The molecule has 0 radical (unpaired) electrons. The van der Waals surface area contributed by atoms with Crippen molar-refractivity contribution in [2.24, 2.45) is 0 Å². The molecule has 0 saturated heterocycles. The van der Waals surface area contributed by atoms with Crippen LogP contribution in [-0.2, 0) is 19.5 Å². The van der Waals surface area contributed by atoms with Crippen molar-refractivity contribution in [2.75, 3.05) is 0 Å². The molecule has 122 valence electrons. The van der Waals surface area contributed by atoms with E-state index in [1.54, 1.807) is 0 Å². The van der Waals surface area contributed by atoms with Crippen molar-refractivity contribution < 1.29 is 4.42 Å². The molecule has 0 aliphatic carbocycles. The zero-order valence-electron chi connectivity index (χ0n) is 14.0. The van der Waals surface area contributed by atoms with Crippen LogP contribution in [0.2, 0.25) is 0 Å². The maximum Gasteiger partial charge on any atom is 0.194 e. The summed E-state index contributed by atoms with van der Waals surface area (Å²) in [5.41, 5.74) is 2.23. The van der Waals surface area contributed by atoms with Crippen LogP contribution in [0.4, 0.5) is 0 Å². The molecule has 0 amide bonds. The van der Waals surface area contributed by atoms with Gasteiger partial charge in [-0.2, -0.15) is 0 Å². The van der Waals surface area contributed by atoms with Crippen molar-refractivity contribution in [3.05, 3.63) is 53.8 Å². The van der Waals surface area contributed by atoms with Crippen LogP contribution >= 0.6 is 0 Å². The smallest absolute Gasteiger partial charge is 0.194 e. The fourth-order valence-corrected chi connectivity index (χ4v) is 2.73. The van der Waals surface area contributed by atoms with Gasteiger partial charge < -0.3 is 14.1 Å². The number of nitrogens with one attached hydrogen (secondary N) is 1. The van der Waals surface area contributed by atoms with E-state index in [0.717, 1.165) is 41.5 Å². The lowest BCUT2D eigenvalue weighted by Crippen LogP contribution is -2.12. The summed E-state index contributed by atoms with van der Waals surface area (Å²) in [7, 11) is 0. The van der Waals surface area contributed by atoms with Crippen molar-refractivity contribution in [1.29, 1.82) is 0 Å². The molecule has 0 atom stereocenters. The number of imidazole rings is 1. The Morgan fingerprint density at radius 3 is 2.91 bits per heavy atom. The first kappa shape index (κ1) is 15.7. The van der Waals surface area contributed by atoms with E-state index in [9.17, 15) is 0 Å². The first-order valence-corrected chi connectivity index (χ1v) is 8.29. The van der Waals surface area contributed by atoms with E-state index in [4.69, 9.17) is 9.40 Å². The number of aromatic nitrogens is 3. The van der Waals surface area contributed by atoms with Crippen LogP contribution in [0.1, 0.15) is 56.3 Å². The zero-order chi connectivity index (χ0) is 16.2. The van der Waals surface area contributed by atoms with Gasteiger partial charge in [0.05, 0.1) is 24.0 Å². The van der Waals surface area contributed by atoms with Gasteiger partial charge in [0.1, 0.15) is 11.6 Å². The Balaban J connectivity index is 1.69. The minimum Gasteiger partial charge on any atom is -0.444 e. The van der Waals surface area contributed by atoms with Crippen molar-refractivity contribution in [2.45, 2.75) is 52.6 Å². The molecule has 0 aromatic carbocycles.